The third kappa shape index (κ3) is 2.00. The van der Waals surface area contributed by atoms with Crippen molar-refractivity contribution in [3.05, 3.63) is 65.9 Å². The number of nitrogens with zero attached hydrogens (tertiary/aromatic N) is 2. The van der Waals surface area contributed by atoms with Crippen molar-refractivity contribution in [3.63, 3.8) is 0 Å². The maximum atomic E-state index is 3.65. The maximum Gasteiger partial charge on any atom is 0.0696 e. The molecule has 3 heteroatoms. The first-order valence-corrected chi connectivity index (χ1v) is 8.60. The van der Waals surface area contributed by atoms with Gasteiger partial charge in [-0.2, -0.15) is 0 Å². The quantitative estimate of drug-likeness (QED) is 0.759. The molecule has 1 aliphatic carbocycles. The SMILES string of the molecule is c1ccc(NN2CCn3c4c(c5ccccc53)CCCC42)cc1. The molecule has 0 saturated heterocycles. The van der Waals surface area contributed by atoms with E-state index in [4.69, 9.17) is 0 Å². The van der Waals surface area contributed by atoms with Crippen molar-refractivity contribution < 1.29 is 0 Å². The minimum Gasteiger partial charge on any atom is -0.341 e. The summed E-state index contributed by atoms with van der Waals surface area (Å²) in [6.45, 7) is 2.11. The second kappa shape index (κ2) is 5.14. The molecule has 1 N–H and O–H groups in total. The number of benzene rings is 2. The molecule has 0 saturated carbocycles. The summed E-state index contributed by atoms with van der Waals surface area (Å²) >= 11 is 0. The van der Waals surface area contributed by atoms with E-state index in [9.17, 15) is 0 Å². The molecular weight excluding hydrogens is 282 g/mol. The number of hydrogen-bond donors (Lipinski definition) is 1. The Morgan fingerprint density at radius 1 is 0.913 bits per heavy atom. The lowest BCUT2D eigenvalue weighted by Gasteiger charge is -2.40. The van der Waals surface area contributed by atoms with Gasteiger partial charge in [0.1, 0.15) is 0 Å². The predicted molar refractivity (Wildman–Crippen MR) is 94.4 cm³/mol. The van der Waals surface area contributed by atoms with Gasteiger partial charge in [0.15, 0.2) is 0 Å². The molecule has 1 aromatic heterocycles. The van der Waals surface area contributed by atoms with E-state index in [1.807, 2.05) is 0 Å². The molecule has 0 fully saturated rings. The fourth-order valence-corrected chi connectivity index (χ4v) is 4.37. The highest BCUT2D eigenvalue weighted by atomic mass is 15.5. The number of hydrogen-bond acceptors (Lipinski definition) is 2. The highest BCUT2D eigenvalue weighted by molar-refractivity contribution is 5.86. The zero-order valence-electron chi connectivity index (χ0n) is 13.2. The van der Waals surface area contributed by atoms with Gasteiger partial charge in [0.25, 0.3) is 0 Å². The fourth-order valence-electron chi connectivity index (χ4n) is 4.37. The van der Waals surface area contributed by atoms with Crippen molar-refractivity contribution in [3.8, 4) is 0 Å². The van der Waals surface area contributed by atoms with E-state index in [-0.39, 0.29) is 0 Å². The fraction of sp³-hybridized carbons (Fsp3) is 0.300. The van der Waals surface area contributed by atoms with Crippen LogP contribution in [0.15, 0.2) is 54.6 Å². The van der Waals surface area contributed by atoms with Gasteiger partial charge < -0.3 is 9.99 Å². The van der Waals surface area contributed by atoms with Gasteiger partial charge in [-0.15, -0.1) is 0 Å². The van der Waals surface area contributed by atoms with Gasteiger partial charge in [-0.05, 0) is 43.0 Å². The summed E-state index contributed by atoms with van der Waals surface area (Å²) in [6.07, 6.45) is 3.74. The van der Waals surface area contributed by atoms with E-state index in [1.165, 1.54) is 35.9 Å². The first kappa shape index (κ1) is 13.2. The molecule has 116 valence electrons. The van der Waals surface area contributed by atoms with E-state index >= 15 is 0 Å². The minimum absolute atomic E-state index is 0.486. The van der Waals surface area contributed by atoms with Crippen LogP contribution in [-0.4, -0.2) is 16.1 Å². The normalized spacial score (nSPS) is 20.4. The summed E-state index contributed by atoms with van der Waals surface area (Å²) in [5, 5.41) is 3.92. The summed E-state index contributed by atoms with van der Waals surface area (Å²) in [6, 6.07) is 20.0. The molecule has 2 heterocycles. The second-order valence-corrected chi connectivity index (χ2v) is 6.61. The van der Waals surface area contributed by atoms with Crippen LogP contribution in [-0.2, 0) is 13.0 Å². The molecule has 0 spiro atoms. The van der Waals surface area contributed by atoms with Crippen LogP contribution in [0.3, 0.4) is 0 Å². The molecule has 3 aromatic rings. The van der Waals surface area contributed by atoms with Gasteiger partial charge in [-0.1, -0.05) is 36.4 Å². The molecule has 3 nitrogen and oxygen atoms in total. The summed E-state index contributed by atoms with van der Waals surface area (Å²) in [5.41, 5.74) is 9.38. The smallest absolute Gasteiger partial charge is 0.0696 e. The van der Waals surface area contributed by atoms with Crippen molar-refractivity contribution in [2.45, 2.75) is 31.8 Å². The van der Waals surface area contributed by atoms with Gasteiger partial charge in [0, 0.05) is 35.4 Å². The standard InChI is InChI=1S/C20H21N3/c1-2-7-15(8-3-1)21-23-14-13-22-18-11-5-4-9-16(18)17-10-6-12-19(23)20(17)22/h1-5,7-9,11,19,21H,6,10,12-14H2. The number of para-hydroxylation sites is 2. The number of hydrazine groups is 1. The zero-order chi connectivity index (χ0) is 15.2. The number of aryl methyl sites for hydroxylation is 1. The number of aromatic nitrogens is 1. The largest absolute Gasteiger partial charge is 0.341 e. The summed E-state index contributed by atoms with van der Waals surface area (Å²) in [5.74, 6) is 0. The van der Waals surface area contributed by atoms with Gasteiger partial charge in [0.2, 0.25) is 0 Å². The average Bonchev–Trinajstić information content (AvgIpc) is 2.94. The number of rotatable bonds is 2. The number of anilines is 1. The first-order chi connectivity index (χ1) is 11.4. The van der Waals surface area contributed by atoms with E-state index < -0.39 is 0 Å². The molecule has 23 heavy (non-hydrogen) atoms. The Kier molecular flexibility index (Phi) is 2.95. The van der Waals surface area contributed by atoms with Gasteiger partial charge in [-0.3, -0.25) is 0 Å². The lowest BCUT2D eigenvalue weighted by Crippen LogP contribution is -2.43. The van der Waals surface area contributed by atoms with E-state index in [0.717, 1.165) is 13.1 Å². The van der Waals surface area contributed by atoms with Crippen LogP contribution in [0.25, 0.3) is 10.9 Å². The van der Waals surface area contributed by atoms with Crippen molar-refractivity contribution >= 4 is 16.6 Å². The first-order valence-electron chi connectivity index (χ1n) is 8.60. The molecule has 1 unspecified atom stereocenters. The van der Waals surface area contributed by atoms with Crippen molar-refractivity contribution in [2.24, 2.45) is 0 Å². The molecule has 0 amide bonds. The Labute approximate surface area is 136 Å². The third-order valence-corrected chi connectivity index (χ3v) is 5.33. The highest BCUT2D eigenvalue weighted by Crippen LogP contribution is 2.42. The Morgan fingerprint density at radius 3 is 2.65 bits per heavy atom. The maximum absolute atomic E-state index is 3.65. The topological polar surface area (TPSA) is 20.2 Å². The van der Waals surface area contributed by atoms with Crippen LogP contribution in [0.4, 0.5) is 5.69 Å². The highest BCUT2D eigenvalue weighted by Gasteiger charge is 2.34. The van der Waals surface area contributed by atoms with Crippen LogP contribution in [0.2, 0.25) is 0 Å². The van der Waals surface area contributed by atoms with E-state index in [2.05, 4.69) is 69.6 Å². The van der Waals surface area contributed by atoms with E-state index in [1.54, 1.807) is 11.3 Å². The molecule has 0 bridgehead atoms. The summed E-state index contributed by atoms with van der Waals surface area (Å²) < 4.78 is 2.57. The zero-order valence-corrected chi connectivity index (χ0v) is 13.2. The van der Waals surface area contributed by atoms with Crippen LogP contribution in [0.1, 0.15) is 30.1 Å². The molecule has 2 aromatic carbocycles. The molecular formula is C20H21N3. The third-order valence-electron chi connectivity index (χ3n) is 5.33. The Hall–Kier alpha value is -2.26. The van der Waals surface area contributed by atoms with Crippen LogP contribution in [0.5, 0.6) is 0 Å². The van der Waals surface area contributed by atoms with Gasteiger partial charge >= 0.3 is 0 Å². The lowest BCUT2D eigenvalue weighted by atomic mass is 9.90. The Bertz CT molecular complexity index is 817. The van der Waals surface area contributed by atoms with E-state index in [0.29, 0.717) is 6.04 Å². The lowest BCUT2D eigenvalue weighted by molar-refractivity contribution is 0.175. The van der Waals surface area contributed by atoms with Gasteiger partial charge in [-0.25, -0.2) is 5.01 Å². The number of nitrogens with one attached hydrogen (secondary N) is 1. The molecule has 1 atom stereocenters. The molecule has 1 aliphatic heterocycles. The van der Waals surface area contributed by atoms with Gasteiger partial charge in [0.05, 0.1) is 6.04 Å². The Balaban J connectivity index is 1.59. The van der Waals surface area contributed by atoms with Crippen molar-refractivity contribution in [1.82, 2.24) is 9.58 Å². The molecule has 5 rings (SSSR count). The Morgan fingerprint density at radius 2 is 1.74 bits per heavy atom. The van der Waals surface area contributed by atoms with Crippen LogP contribution in [0, 0.1) is 0 Å². The van der Waals surface area contributed by atoms with Crippen molar-refractivity contribution in [2.75, 3.05) is 12.0 Å². The van der Waals surface area contributed by atoms with Crippen LogP contribution >= 0.6 is 0 Å². The second-order valence-electron chi connectivity index (χ2n) is 6.61. The summed E-state index contributed by atoms with van der Waals surface area (Å²) in [7, 11) is 0. The molecule has 2 aliphatic rings. The van der Waals surface area contributed by atoms with Crippen molar-refractivity contribution in [1.29, 1.82) is 0 Å². The monoisotopic (exact) mass is 303 g/mol. The minimum atomic E-state index is 0.486. The predicted octanol–water partition coefficient (Wildman–Crippen LogP) is 4.36. The average molecular weight is 303 g/mol. The van der Waals surface area contributed by atoms with Crippen LogP contribution < -0.4 is 5.43 Å². The summed E-state index contributed by atoms with van der Waals surface area (Å²) in [4.78, 5) is 0. The number of fused-ring (bicyclic) bond motifs is 3. The molecule has 0 radical (unpaired) electrons.